The van der Waals surface area contributed by atoms with Gasteiger partial charge in [-0.1, -0.05) is 24.3 Å². The van der Waals surface area contributed by atoms with Gasteiger partial charge in [-0.05, 0) is 30.4 Å². The minimum Gasteiger partial charge on any atom is -0.468 e. The number of para-hydroxylation sites is 1. The number of nitrogens with one attached hydrogen (secondary N) is 1. The third-order valence-electron chi connectivity index (χ3n) is 6.56. The van der Waals surface area contributed by atoms with Gasteiger partial charge in [0.05, 0.1) is 13.2 Å². The predicted molar refractivity (Wildman–Crippen MR) is 97.9 cm³/mol. The smallest absolute Gasteiger partial charge is 0.319 e. The van der Waals surface area contributed by atoms with Gasteiger partial charge in [-0.25, -0.2) is 8.78 Å². The van der Waals surface area contributed by atoms with E-state index in [0.29, 0.717) is 19.5 Å². The van der Waals surface area contributed by atoms with Crippen LogP contribution in [0.5, 0.6) is 0 Å². The molecule has 4 atom stereocenters. The summed E-state index contributed by atoms with van der Waals surface area (Å²) >= 11 is 0. The highest BCUT2D eigenvalue weighted by molar-refractivity contribution is 5.92. The van der Waals surface area contributed by atoms with E-state index in [0.717, 1.165) is 35.5 Å². The van der Waals surface area contributed by atoms with Gasteiger partial charge in [-0.2, -0.15) is 0 Å². The molecule has 1 unspecified atom stereocenters. The number of aromatic amines is 1. The zero-order valence-electron chi connectivity index (χ0n) is 15.4. The molecule has 0 spiro atoms. The number of carbonyl (C=O) groups is 1. The molecule has 1 aromatic heterocycles. The predicted octanol–water partition coefficient (Wildman–Crippen LogP) is 3.42. The average molecular weight is 372 g/mol. The maximum absolute atomic E-state index is 14.6. The van der Waals surface area contributed by atoms with E-state index in [1.807, 2.05) is 24.3 Å². The fourth-order valence-electron chi connectivity index (χ4n) is 5.65. The van der Waals surface area contributed by atoms with Gasteiger partial charge in [0.2, 0.25) is 0 Å². The van der Waals surface area contributed by atoms with E-state index in [-0.39, 0.29) is 11.5 Å². The quantitative estimate of drug-likeness (QED) is 0.649. The largest absolute Gasteiger partial charge is 0.468 e. The molecule has 4 aliphatic rings. The first-order valence-electron chi connectivity index (χ1n) is 9.39. The first-order chi connectivity index (χ1) is 12.9. The molecule has 2 aromatic rings. The third kappa shape index (κ3) is 2.13. The standard InChI is InChI=1S/C21H22F2N2O2/c1-20(22,23)15-9-12-10-21(19(26)27-2)17-14(7-8-25(11-12)18(15)21)13-5-3-4-6-16(13)24-17/h3-6,9,12,18,24H,7-8,10-11H2,1-2H3/t12-,18+,21-/m1/s1. The minimum atomic E-state index is -2.97. The number of piperidine rings is 1. The van der Waals surface area contributed by atoms with Gasteiger partial charge in [-0.3, -0.25) is 9.69 Å². The third-order valence-corrected chi connectivity index (χ3v) is 6.56. The summed E-state index contributed by atoms with van der Waals surface area (Å²) in [5.74, 6) is -3.49. The summed E-state index contributed by atoms with van der Waals surface area (Å²) < 4.78 is 34.4. The fraction of sp³-hybridized carbons (Fsp3) is 0.476. The lowest BCUT2D eigenvalue weighted by Gasteiger charge is -2.54. The molecule has 1 aliphatic carbocycles. The van der Waals surface area contributed by atoms with Crippen molar-refractivity contribution in [1.82, 2.24) is 9.88 Å². The maximum atomic E-state index is 14.6. The lowest BCUT2D eigenvalue weighted by atomic mass is 9.60. The maximum Gasteiger partial charge on any atom is 0.319 e. The molecule has 0 radical (unpaired) electrons. The number of hydrogen-bond donors (Lipinski definition) is 1. The molecule has 0 saturated carbocycles. The van der Waals surface area contributed by atoms with Crippen LogP contribution in [-0.4, -0.2) is 48.0 Å². The van der Waals surface area contributed by atoms with E-state index in [2.05, 4.69) is 9.88 Å². The molecule has 6 heteroatoms. The first-order valence-corrected chi connectivity index (χ1v) is 9.39. The number of H-pyrrole nitrogens is 1. The molecule has 0 amide bonds. The highest BCUT2D eigenvalue weighted by Gasteiger charge is 2.63. The van der Waals surface area contributed by atoms with Gasteiger partial charge in [0.1, 0.15) is 5.41 Å². The molecule has 1 aromatic carbocycles. The van der Waals surface area contributed by atoms with Crippen molar-refractivity contribution in [3.05, 3.63) is 47.2 Å². The summed E-state index contributed by atoms with van der Waals surface area (Å²) in [6.07, 6.45) is 2.93. The number of rotatable bonds is 2. The number of benzene rings is 1. The Morgan fingerprint density at radius 3 is 2.89 bits per heavy atom. The van der Waals surface area contributed by atoms with Crippen LogP contribution < -0.4 is 0 Å². The second-order valence-corrected chi connectivity index (χ2v) is 8.11. The van der Waals surface area contributed by atoms with Gasteiger partial charge < -0.3 is 9.72 Å². The Morgan fingerprint density at radius 1 is 1.37 bits per heavy atom. The van der Waals surface area contributed by atoms with Crippen LogP contribution >= 0.6 is 0 Å². The normalized spacial score (nSPS) is 32.0. The van der Waals surface area contributed by atoms with Crippen LogP contribution in [-0.2, 0) is 21.4 Å². The second kappa shape index (κ2) is 5.41. The van der Waals surface area contributed by atoms with Gasteiger partial charge in [0, 0.05) is 42.2 Å². The number of esters is 1. The van der Waals surface area contributed by atoms with Crippen LogP contribution in [0.15, 0.2) is 35.9 Å². The second-order valence-electron chi connectivity index (χ2n) is 8.11. The number of carbonyl (C=O) groups excluding carboxylic acids is 1. The Morgan fingerprint density at radius 2 is 2.15 bits per heavy atom. The van der Waals surface area contributed by atoms with Gasteiger partial charge in [0.25, 0.3) is 5.92 Å². The summed E-state index contributed by atoms with van der Waals surface area (Å²) in [7, 11) is 1.35. The monoisotopic (exact) mass is 372 g/mol. The van der Waals surface area contributed by atoms with Crippen LogP contribution in [0.2, 0.25) is 0 Å². The van der Waals surface area contributed by atoms with Gasteiger partial charge in [0.15, 0.2) is 0 Å². The molecule has 1 saturated heterocycles. The molecule has 4 bridgehead atoms. The lowest BCUT2D eigenvalue weighted by molar-refractivity contribution is -0.155. The van der Waals surface area contributed by atoms with E-state index >= 15 is 0 Å². The number of ether oxygens (including phenoxy) is 1. The SMILES string of the molecule is COC(=O)[C@@]12C[C@H]3C=C(C(C)(F)F)[C@@H]1N(CCc1c2[nH]c2ccccc12)C3. The van der Waals surface area contributed by atoms with Crippen LogP contribution in [0, 0.1) is 5.92 Å². The zero-order chi connectivity index (χ0) is 19.0. The molecule has 1 N–H and O–H groups in total. The molecule has 27 heavy (non-hydrogen) atoms. The van der Waals surface area contributed by atoms with Crippen LogP contribution in [0.4, 0.5) is 8.78 Å². The van der Waals surface area contributed by atoms with Crippen molar-refractivity contribution in [3.63, 3.8) is 0 Å². The molecular formula is C21H22F2N2O2. The zero-order valence-corrected chi connectivity index (χ0v) is 15.4. The fourth-order valence-corrected chi connectivity index (χ4v) is 5.65. The number of halogens is 2. The molecule has 4 heterocycles. The highest BCUT2D eigenvalue weighted by Crippen LogP contribution is 2.54. The molecular weight excluding hydrogens is 350 g/mol. The van der Waals surface area contributed by atoms with Crippen molar-refractivity contribution in [1.29, 1.82) is 0 Å². The van der Waals surface area contributed by atoms with Crippen molar-refractivity contribution in [2.24, 2.45) is 5.92 Å². The van der Waals surface area contributed by atoms with Gasteiger partial charge in [-0.15, -0.1) is 0 Å². The summed E-state index contributed by atoms with van der Waals surface area (Å²) in [6.45, 7) is 2.30. The van der Waals surface area contributed by atoms with Crippen molar-refractivity contribution >= 4 is 16.9 Å². The van der Waals surface area contributed by atoms with Crippen molar-refractivity contribution in [3.8, 4) is 0 Å². The lowest BCUT2D eigenvalue weighted by Crippen LogP contribution is -2.65. The van der Waals surface area contributed by atoms with Crippen molar-refractivity contribution in [2.75, 3.05) is 20.2 Å². The van der Waals surface area contributed by atoms with E-state index in [1.54, 1.807) is 6.08 Å². The molecule has 6 rings (SSSR count). The molecule has 3 aliphatic heterocycles. The van der Waals surface area contributed by atoms with E-state index in [4.69, 9.17) is 4.74 Å². The number of fused-ring (bicyclic) bond motifs is 3. The Balaban J connectivity index is 1.83. The minimum absolute atomic E-state index is 0.0573. The van der Waals surface area contributed by atoms with Crippen LogP contribution in [0.25, 0.3) is 10.9 Å². The number of methoxy groups -OCH3 is 1. The molecule has 142 valence electrons. The molecule has 4 nitrogen and oxygen atoms in total. The number of aromatic nitrogens is 1. The summed E-state index contributed by atoms with van der Waals surface area (Å²) in [5, 5.41) is 1.06. The van der Waals surface area contributed by atoms with E-state index in [9.17, 15) is 13.6 Å². The highest BCUT2D eigenvalue weighted by atomic mass is 19.3. The molecule has 1 fully saturated rings. The average Bonchev–Trinajstić information content (AvgIpc) is 2.99. The Kier molecular flexibility index (Phi) is 3.39. The number of alkyl halides is 2. The van der Waals surface area contributed by atoms with E-state index < -0.39 is 23.3 Å². The Labute approximate surface area is 156 Å². The van der Waals surface area contributed by atoms with Gasteiger partial charge >= 0.3 is 5.97 Å². The summed E-state index contributed by atoms with van der Waals surface area (Å²) in [6, 6.07) is 7.23. The number of nitrogens with zero attached hydrogens (tertiary/aromatic N) is 1. The van der Waals surface area contributed by atoms with Crippen molar-refractivity contribution in [2.45, 2.75) is 37.1 Å². The summed E-state index contributed by atoms with van der Waals surface area (Å²) in [4.78, 5) is 18.7. The van der Waals surface area contributed by atoms with Crippen LogP contribution in [0.1, 0.15) is 24.6 Å². The summed E-state index contributed by atoms with van der Waals surface area (Å²) in [5.41, 5.74) is 1.70. The topological polar surface area (TPSA) is 45.3 Å². The van der Waals surface area contributed by atoms with E-state index in [1.165, 1.54) is 7.11 Å². The first kappa shape index (κ1) is 16.9. The Hall–Kier alpha value is -2.21. The van der Waals surface area contributed by atoms with Crippen LogP contribution in [0.3, 0.4) is 0 Å². The number of hydrogen-bond acceptors (Lipinski definition) is 3. The Bertz CT molecular complexity index is 974. The van der Waals surface area contributed by atoms with Crippen molar-refractivity contribution < 1.29 is 18.3 Å².